The van der Waals surface area contributed by atoms with Crippen LogP contribution in [0.3, 0.4) is 0 Å². The summed E-state index contributed by atoms with van der Waals surface area (Å²) < 4.78 is 5.29. The zero-order chi connectivity index (χ0) is 19.2. The van der Waals surface area contributed by atoms with Gasteiger partial charge in [0.05, 0.1) is 23.7 Å². The van der Waals surface area contributed by atoms with E-state index >= 15 is 0 Å². The van der Waals surface area contributed by atoms with E-state index in [4.69, 9.17) is 4.42 Å². The first kappa shape index (κ1) is 16.4. The van der Waals surface area contributed by atoms with Gasteiger partial charge in [0.2, 0.25) is 0 Å². The predicted octanol–water partition coefficient (Wildman–Crippen LogP) is 5.35. The second-order valence-electron chi connectivity index (χ2n) is 7.48. The van der Waals surface area contributed by atoms with Crippen LogP contribution in [0.25, 0.3) is 49.9 Å². The molecule has 4 heterocycles. The number of rotatable bonds is 3. The molecule has 2 aromatic carbocycles. The standard InChI is InChI=1S/C24H20N4O/c1-2-18(17-8-11-29-14-17)19-13-23(26-21(19)3-1)24-20-12-16(4-5-22(20)27-28-24)15-6-9-25-10-7-15/h1-6,8,11-14,25-26H,7,9-10H2,(H,27,28). The molecule has 1 aliphatic rings. The molecule has 0 bridgehead atoms. The molecule has 0 spiro atoms. The number of nitrogens with one attached hydrogen (secondary N) is 3. The topological polar surface area (TPSA) is 69.6 Å². The summed E-state index contributed by atoms with van der Waals surface area (Å²) in [4.78, 5) is 3.55. The Bertz CT molecular complexity index is 1350. The molecule has 0 aliphatic carbocycles. The number of hydrogen-bond acceptors (Lipinski definition) is 3. The lowest BCUT2D eigenvalue weighted by Crippen LogP contribution is -2.19. The maximum atomic E-state index is 5.29. The zero-order valence-corrected chi connectivity index (χ0v) is 15.8. The van der Waals surface area contributed by atoms with E-state index in [0.29, 0.717) is 0 Å². The lowest BCUT2D eigenvalue weighted by atomic mass is 9.98. The Labute approximate surface area is 167 Å². The first-order valence-corrected chi connectivity index (χ1v) is 9.90. The van der Waals surface area contributed by atoms with Crippen molar-refractivity contribution in [1.29, 1.82) is 0 Å². The van der Waals surface area contributed by atoms with Crippen LogP contribution in [-0.4, -0.2) is 28.3 Å². The van der Waals surface area contributed by atoms with Gasteiger partial charge in [-0.2, -0.15) is 5.10 Å². The summed E-state index contributed by atoms with van der Waals surface area (Å²) in [5.74, 6) is 0. The third kappa shape index (κ3) is 2.70. The third-order valence-corrected chi connectivity index (χ3v) is 5.75. The largest absolute Gasteiger partial charge is 0.472 e. The molecular formula is C24H20N4O. The average molecular weight is 380 g/mol. The molecule has 5 heteroatoms. The van der Waals surface area contributed by atoms with E-state index in [2.05, 4.69) is 69.0 Å². The zero-order valence-electron chi connectivity index (χ0n) is 15.8. The minimum absolute atomic E-state index is 0.935. The molecule has 0 radical (unpaired) electrons. The van der Waals surface area contributed by atoms with E-state index in [-0.39, 0.29) is 0 Å². The number of hydrogen-bond donors (Lipinski definition) is 3. The van der Waals surface area contributed by atoms with E-state index in [9.17, 15) is 0 Å². The van der Waals surface area contributed by atoms with Gasteiger partial charge in [0, 0.05) is 28.4 Å². The number of aromatic nitrogens is 3. The Hall–Kier alpha value is -3.57. The quantitative estimate of drug-likeness (QED) is 0.395. The SMILES string of the molecule is C1=C(c2ccc3[nH]nc(-c4cc5c(-c6ccoc6)cccc5[nH]4)c3c2)CCNC1. The molecular weight excluding hydrogens is 360 g/mol. The van der Waals surface area contributed by atoms with Gasteiger partial charge in [-0.15, -0.1) is 0 Å². The van der Waals surface area contributed by atoms with Crippen molar-refractivity contribution in [3.8, 4) is 22.5 Å². The summed E-state index contributed by atoms with van der Waals surface area (Å²) in [6.07, 6.45) is 6.83. The van der Waals surface area contributed by atoms with Gasteiger partial charge in [0.25, 0.3) is 0 Å². The molecule has 3 aromatic heterocycles. The molecule has 1 aliphatic heterocycles. The van der Waals surface area contributed by atoms with E-state index in [1.165, 1.54) is 11.1 Å². The number of nitrogens with zero attached hydrogens (tertiary/aromatic N) is 1. The Morgan fingerprint density at radius 3 is 2.79 bits per heavy atom. The highest BCUT2D eigenvalue weighted by Gasteiger charge is 2.15. The van der Waals surface area contributed by atoms with Gasteiger partial charge in [-0.25, -0.2) is 0 Å². The highest BCUT2D eigenvalue weighted by Crippen LogP contribution is 2.35. The van der Waals surface area contributed by atoms with Gasteiger partial charge in [-0.3, -0.25) is 5.10 Å². The maximum absolute atomic E-state index is 5.29. The Morgan fingerprint density at radius 1 is 0.931 bits per heavy atom. The summed E-state index contributed by atoms with van der Waals surface area (Å²) in [6, 6.07) is 17.0. The lowest BCUT2D eigenvalue weighted by molar-refractivity contribution is 0.568. The van der Waals surface area contributed by atoms with E-state index in [0.717, 1.165) is 63.8 Å². The molecule has 0 atom stereocenters. The van der Waals surface area contributed by atoms with Crippen LogP contribution in [0.4, 0.5) is 0 Å². The predicted molar refractivity (Wildman–Crippen MR) is 117 cm³/mol. The molecule has 29 heavy (non-hydrogen) atoms. The minimum atomic E-state index is 0.935. The van der Waals surface area contributed by atoms with Crippen molar-refractivity contribution in [3.63, 3.8) is 0 Å². The second-order valence-corrected chi connectivity index (χ2v) is 7.48. The molecule has 5 aromatic rings. The Balaban J connectivity index is 1.50. The molecule has 5 nitrogen and oxygen atoms in total. The normalized spacial score (nSPS) is 14.6. The molecule has 0 unspecified atom stereocenters. The van der Waals surface area contributed by atoms with Gasteiger partial charge < -0.3 is 14.7 Å². The number of furan rings is 1. The van der Waals surface area contributed by atoms with Crippen molar-refractivity contribution in [2.45, 2.75) is 6.42 Å². The molecule has 0 saturated carbocycles. The van der Waals surface area contributed by atoms with Crippen LogP contribution < -0.4 is 5.32 Å². The number of H-pyrrole nitrogens is 2. The fourth-order valence-corrected chi connectivity index (χ4v) is 4.26. The van der Waals surface area contributed by atoms with Crippen molar-refractivity contribution in [2.24, 2.45) is 0 Å². The van der Waals surface area contributed by atoms with Crippen LogP contribution in [0.1, 0.15) is 12.0 Å². The summed E-state index contributed by atoms with van der Waals surface area (Å²) in [7, 11) is 0. The lowest BCUT2D eigenvalue weighted by Gasteiger charge is -2.14. The van der Waals surface area contributed by atoms with Crippen LogP contribution in [0.15, 0.2) is 71.6 Å². The maximum Gasteiger partial charge on any atom is 0.116 e. The summed E-state index contributed by atoms with van der Waals surface area (Å²) in [5, 5.41) is 13.5. The van der Waals surface area contributed by atoms with E-state index < -0.39 is 0 Å². The van der Waals surface area contributed by atoms with Gasteiger partial charge in [0.1, 0.15) is 5.69 Å². The van der Waals surface area contributed by atoms with Gasteiger partial charge in [0.15, 0.2) is 0 Å². The van der Waals surface area contributed by atoms with Crippen LogP contribution in [-0.2, 0) is 0 Å². The van der Waals surface area contributed by atoms with Crippen molar-refractivity contribution in [2.75, 3.05) is 13.1 Å². The van der Waals surface area contributed by atoms with Crippen molar-refractivity contribution < 1.29 is 4.42 Å². The van der Waals surface area contributed by atoms with Crippen LogP contribution >= 0.6 is 0 Å². The first-order chi connectivity index (χ1) is 14.4. The van der Waals surface area contributed by atoms with Gasteiger partial charge >= 0.3 is 0 Å². The summed E-state index contributed by atoms with van der Waals surface area (Å²) in [6.45, 7) is 1.96. The summed E-state index contributed by atoms with van der Waals surface area (Å²) >= 11 is 0. The monoisotopic (exact) mass is 380 g/mol. The fourth-order valence-electron chi connectivity index (χ4n) is 4.26. The second kappa shape index (κ2) is 6.50. The highest BCUT2D eigenvalue weighted by molar-refractivity contribution is 6.01. The van der Waals surface area contributed by atoms with Gasteiger partial charge in [-0.05, 0) is 60.0 Å². The molecule has 0 saturated heterocycles. The van der Waals surface area contributed by atoms with Gasteiger partial charge in [-0.1, -0.05) is 24.3 Å². The smallest absolute Gasteiger partial charge is 0.116 e. The number of aromatic amines is 2. The fraction of sp³-hybridized carbons (Fsp3) is 0.125. The van der Waals surface area contributed by atoms with Crippen molar-refractivity contribution >= 4 is 27.4 Å². The van der Waals surface area contributed by atoms with Crippen LogP contribution in [0.2, 0.25) is 0 Å². The van der Waals surface area contributed by atoms with Crippen LogP contribution in [0, 0.1) is 0 Å². The van der Waals surface area contributed by atoms with E-state index in [1.54, 1.807) is 12.5 Å². The third-order valence-electron chi connectivity index (χ3n) is 5.75. The Kier molecular flexibility index (Phi) is 3.67. The molecule has 142 valence electrons. The van der Waals surface area contributed by atoms with Crippen molar-refractivity contribution in [1.82, 2.24) is 20.5 Å². The van der Waals surface area contributed by atoms with E-state index in [1.807, 2.05) is 6.07 Å². The summed E-state index contributed by atoms with van der Waals surface area (Å²) in [5.41, 5.74) is 9.00. The first-order valence-electron chi connectivity index (χ1n) is 9.90. The molecule has 6 rings (SSSR count). The molecule has 3 N–H and O–H groups in total. The number of fused-ring (bicyclic) bond motifs is 2. The van der Waals surface area contributed by atoms with Crippen LogP contribution in [0.5, 0.6) is 0 Å². The Morgan fingerprint density at radius 2 is 1.93 bits per heavy atom. The highest BCUT2D eigenvalue weighted by atomic mass is 16.3. The molecule has 0 fully saturated rings. The van der Waals surface area contributed by atoms with Crippen molar-refractivity contribution in [3.05, 3.63) is 72.7 Å². The minimum Gasteiger partial charge on any atom is -0.472 e. The molecule has 0 amide bonds. The number of benzene rings is 2. The average Bonchev–Trinajstić information content (AvgIpc) is 3.52.